The number of aryl methyl sites for hydroxylation is 1. The molecule has 0 saturated heterocycles. The summed E-state index contributed by atoms with van der Waals surface area (Å²) in [5.74, 6) is -0.0639. The van der Waals surface area contributed by atoms with Crippen LogP contribution in [0.25, 0.3) is 0 Å². The quantitative estimate of drug-likeness (QED) is 0.770. The number of fused-ring (bicyclic) bond motifs is 2. The molecular weight excluding hydrogens is 426 g/mol. The Kier molecular flexibility index (Phi) is 5.01. The Morgan fingerprint density at radius 3 is 2.33 bits per heavy atom. The van der Waals surface area contributed by atoms with Gasteiger partial charge in [0.15, 0.2) is 0 Å². The first kappa shape index (κ1) is 20.7. The Labute approximate surface area is 176 Å². The second-order valence-electron chi connectivity index (χ2n) is 7.60. The number of carbonyl (C=O) groups is 1. The van der Waals surface area contributed by atoms with Crippen molar-refractivity contribution in [3.8, 4) is 0 Å². The van der Waals surface area contributed by atoms with Gasteiger partial charge >= 0.3 is 0 Å². The maximum absolute atomic E-state index is 12.9. The highest BCUT2D eigenvalue weighted by Crippen LogP contribution is 2.34. The lowest BCUT2D eigenvalue weighted by atomic mass is 10.0. The zero-order valence-electron chi connectivity index (χ0n) is 16.8. The number of nitrogens with zero attached hydrogens (tertiary/aromatic N) is 2. The molecule has 10 heteroatoms. The van der Waals surface area contributed by atoms with Crippen molar-refractivity contribution in [3.05, 3.63) is 47.5 Å². The minimum Gasteiger partial charge on any atom is -0.312 e. The predicted octanol–water partition coefficient (Wildman–Crippen LogP) is 2.11. The summed E-state index contributed by atoms with van der Waals surface area (Å²) in [6, 6.07) is 9.66. The molecule has 160 valence electrons. The van der Waals surface area contributed by atoms with Gasteiger partial charge in [0, 0.05) is 31.4 Å². The van der Waals surface area contributed by atoms with Crippen molar-refractivity contribution in [1.82, 2.24) is 0 Å². The molecule has 0 fully saturated rings. The first-order chi connectivity index (χ1) is 14.1. The number of anilines is 3. The van der Waals surface area contributed by atoms with E-state index in [0.717, 1.165) is 29.5 Å². The van der Waals surface area contributed by atoms with Crippen molar-refractivity contribution >= 4 is 43.0 Å². The lowest BCUT2D eigenvalue weighted by molar-refractivity contribution is -0.116. The van der Waals surface area contributed by atoms with Crippen LogP contribution in [-0.4, -0.2) is 42.1 Å². The van der Waals surface area contributed by atoms with Gasteiger partial charge in [-0.3, -0.25) is 13.8 Å². The zero-order chi connectivity index (χ0) is 21.7. The first-order valence-electron chi connectivity index (χ1n) is 9.61. The molecule has 8 nitrogen and oxygen atoms in total. The van der Waals surface area contributed by atoms with Crippen molar-refractivity contribution in [2.75, 3.05) is 33.3 Å². The molecule has 2 aromatic rings. The van der Waals surface area contributed by atoms with Crippen LogP contribution in [-0.2, 0) is 37.7 Å². The van der Waals surface area contributed by atoms with E-state index in [4.69, 9.17) is 0 Å². The standard InChI is InChI=1S/C20H23N3O5S2/c1-14(24)22-10-3-4-15-13-18(6-8-19(15)22)30(27,28)21-17-5-7-20-16(12-17)9-11-23(20)29(2,25)26/h5-8,12-13,21H,3-4,9-11H2,1-2H3. The number of carbonyl (C=O) groups excluding carboxylic acids is 1. The van der Waals surface area contributed by atoms with Crippen LogP contribution in [0.3, 0.4) is 0 Å². The molecule has 0 spiro atoms. The minimum absolute atomic E-state index is 0.0639. The van der Waals surface area contributed by atoms with Gasteiger partial charge in [0.05, 0.1) is 16.8 Å². The van der Waals surface area contributed by atoms with Gasteiger partial charge in [-0.25, -0.2) is 16.8 Å². The van der Waals surface area contributed by atoms with Crippen LogP contribution in [0, 0.1) is 0 Å². The molecule has 0 unspecified atom stereocenters. The summed E-state index contributed by atoms with van der Waals surface area (Å²) in [4.78, 5) is 13.6. The molecule has 0 saturated carbocycles. The summed E-state index contributed by atoms with van der Waals surface area (Å²) in [7, 11) is -7.19. The van der Waals surface area contributed by atoms with Gasteiger partial charge in [-0.05, 0) is 66.8 Å². The molecule has 2 aliphatic rings. The average molecular weight is 450 g/mol. The van der Waals surface area contributed by atoms with Gasteiger partial charge in [-0.2, -0.15) is 0 Å². The minimum atomic E-state index is -3.83. The van der Waals surface area contributed by atoms with Gasteiger partial charge in [0.25, 0.3) is 10.0 Å². The van der Waals surface area contributed by atoms with E-state index in [1.54, 1.807) is 35.2 Å². The molecule has 30 heavy (non-hydrogen) atoms. The van der Waals surface area contributed by atoms with Gasteiger partial charge in [-0.1, -0.05) is 0 Å². The molecule has 1 N–H and O–H groups in total. The lowest BCUT2D eigenvalue weighted by Gasteiger charge is -2.28. The summed E-state index contributed by atoms with van der Waals surface area (Å²) in [5.41, 5.74) is 3.33. The van der Waals surface area contributed by atoms with Crippen LogP contribution in [0.1, 0.15) is 24.5 Å². The molecule has 0 bridgehead atoms. The fraction of sp³-hybridized carbons (Fsp3) is 0.350. The normalized spacial score (nSPS) is 16.2. The maximum atomic E-state index is 12.9. The van der Waals surface area contributed by atoms with Gasteiger partial charge in [0.1, 0.15) is 0 Å². The summed E-state index contributed by atoms with van der Waals surface area (Å²) >= 11 is 0. The summed E-state index contributed by atoms with van der Waals surface area (Å²) in [6.07, 6.45) is 3.17. The average Bonchev–Trinajstić information content (AvgIpc) is 3.10. The highest BCUT2D eigenvalue weighted by atomic mass is 32.2. The molecule has 1 amide bonds. The van der Waals surface area contributed by atoms with Gasteiger partial charge in [0.2, 0.25) is 15.9 Å². The second kappa shape index (κ2) is 7.28. The molecule has 0 aliphatic carbocycles. The third kappa shape index (κ3) is 3.77. The number of amides is 1. The number of rotatable bonds is 4. The third-order valence-corrected chi connectivity index (χ3v) is 8.00. The number of hydrogen-bond acceptors (Lipinski definition) is 5. The molecule has 0 aromatic heterocycles. The van der Waals surface area contributed by atoms with Crippen LogP contribution in [0.15, 0.2) is 41.3 Å². The van der Waals surface area contributed by atoms with Crippen molar-refractivity contribution in [1.29, 1.82) is 0 Å². The van der Waals surface area contributed by atoms with E-state index in [1.165, 1.54) is 17.3 Å². The fourth-order valence-electron chi connectivity index (χ4n) is 4.06. The van der Waals surface area contributed by atoms with E-state index < -0.39 is 20.0 Å². The van der Waals surface area contributed by atoms with Gasteiger partial charge < -0.3 is 4.90 Å². The first-order valence-corrected chi connectivity index (χ1v) is 12.9. The topological polar surface area (TPSA) is 104 Å². The summed E-state index contributed by atoms with van der Waals surface area (Å²) in [6.45, 7) is 2.48. The fourth-order valence-corrected chi connectivity index (χ4v) is 6.12. The molecular formula is C20H23N3O5S2. The number of nitrogens with one attached hydrogen (secondary N) is 1. The summed E-state index contributed by atoms with van der Waals surface area (Å²) in [5, 5.41) is 0. The predicted molar refractivity (Wildman–Crippen MR) is 116 cm³/mol. The zero-order valence-corrected chi connectivity index (χ0v) is 18.4. The number of hydrogen-bond donors (Lipinski definition) is 1. The van der Waals surface area contributed by atoms with E-state index in [-0.39, 0.29) is 10.8 Å². The second-order valence-corrected chi connectivity index (χ2v) is 11.2. The van der Waals surface area contributed by atoms with Crippen LogP contribution in [0.5, 0.6) is 0 Å². The number of benzene rings is 2. The van der Waals surface area contributed by atoms with Crippen molar-refractivity contribution in [3.63, 3.8) is 0 Å². The van der Waals surface area contributed by atoms with Crippen LogP contribution in [0.4, 0.5) is 17.1 Å². The van der Waals surface area contributed by atoms with Gasteiger partial charge in [-0.15, -0.1) is 0 Å². The molecule has 2 aliphatic heterocycles. The van der Waals surface area contributed by atoms with Crippen molar-refractivity contribution in [2.45, 2.75) is 31.1 Å². The Morgan fingerprint density at radius 1 is 0.933 bits per heavy atom. The Bertz CT molecular complexity index is 1240. The Balaban J connectivity index is 1.61. The summed E-state index contributed by atoms with van der Waals surface area (Å²) < 4.78 is 53.5. The van der Waals surface area contributed by atoms with Crippen LogP contribution in [0.2, 0.25) is 0 Å². The Hall–Kier alpha value is -2.59. The third-order valence-electron chi connectivity index (χ3n) is 5.44. The van der Waals surface area contributed by atoms with Crippen molar-refractivity contribution in [2.24, 2.45) is 0 Å². The highest BCUT2D eigenvalue weighted by Gasteiger charge is 2.27. The molecule has 0 atom stereocenters. The molecule has 2 heterocycles. The largest absolute Gasteiger partial charge is 0.312 e. The molecule has 4 rings (SSSR count). The van der Waals surface area contributed by atoms with E-state index in [1.807, 2.05) is 0 Å². The number of sulfonamides is 2. The molecule has 0 radical (unpaired) electrons. The van der Waals surface area contributed by atoms with Crippen LogP contribution < -0.4 is 13.9 Å². The van der Waals surface area contributed by atoms with E-state index in [9.17, 15) is 21.6 Å². The highest BCUT2D eigenvalue weighted by molar-refractivity contribution is 7.92. The lowest BCUT2D eigenvalue weighted by Crippen LogP contribution is -2.33. The SMILES string of the molecule is CC(=O)N1CCCc2cc(S(=O)(=O)Nc3ccc4c(c3)CCN4S(C)(=O)=O)ccc21. The smallest absolute Gasteiger partial charge is 0.261 e. The van der Waals surface area contributed by atoms with E-state index >= 15 is 0 Å². The molecule has 2 aromatic carbocycles. The van der Waals surface area contributed by atoms with Crippen molar-refractivity contribution < 1.29 is 21.6 Å². The van der Waals surface area contributed by atoms with Crippen LogP contribution >= 0.6 is 0 Å². The maximum Gasteiger partial charge on any atom is 0.261 e. The van der Waals surface area contributed by atoms with E-state index in [2.05, 4.69) is 4.72 Å². The van der Waals surface area contributed by atoms with E-state index in [0.29, 0.717) is 37.3 Å². The monoisotopic (exact) mass is 449 g/mol. The Morgan fingerprint density at radius 2 is 1.63 bits per heavy atom.